The fourth-order valence-corrected chi connectivity index (χ4v) is 2.23. The highest BCUT2D eigenvalue weighted by molar-refractivity contribution is 5.41. The molecule has 0 bridgehead atoms. The third kappa shape index (κ3) is 3.86. The standard InChI is InChI=1S/C15H23N5O/c1-4-10-16-12(2)15-17-18-19-20(15)14-8-6-5-7-13(14)9-11-21-3/h5-8,12,16H,4,9-11H2,1-3H3. The van der Waals surface area contributed by atoms with Gasteiger partial charge in [-0.3, -0.25) is 0 Å². The van der Waals surface area contributed by atoms with Crippen molar-refractivity contribution < 1.29 is 4.74 Å². The monoisotopic (exact) mass is 289 g/mol. The first-order chi connectivity index (χ1) is 10.3. The number of nitrogens with zero attached hydrogens (tertiary/aromatic N) is 4. The predicted molar refractivity (Wildman–Crippen MR) is 81.4 cm³/mol. The topological polar surface area (TPSA) is 64.9 Å². The Kier molecular flexibility index (Phi) is 5.83. The minimum atomic E-state index is 0.107. The first-order valence-electron chi connectivity index (χ1n) is 7.36. The zero-order valence-electron chi connectivity index (χ0n) is 12.9. The van der Waals surface area contributed by atoms with Gasteiger partial charge >= 0.3 is 0 Å². The normalized spacial score (nSPS) is 12.5. The van der Waals surface area contributed by atoms with E-state index in [1.54, 1.807) is 7.11 Å². The van der Waals surface area contributed by atoms with Crippen molar-refractivity contribution in [2.75, 3.05) is 20.3 Å². The SMILES string of the molecule is CCCNC(C)c1nnnn1-c1ccccc1CCOC. The Bertz CT molecular complexity index is 555. The van der Waals surface area contributed by atoms with Crippen LogP contribution in [-0.2, 0) is 11.2 Å². The molecular formula is C15H23N5O. The van der Waals surface area contributed by atoms with Crippen LogP contribution in [0.5, 0.6) is 0 Å². The third-order valence-corrected chi connectivity index (χ3v) is 3.38. The van der Waals surface area contributed by atoms with E-state index in [1.165, 1.54) is 5.56 Å². The third-order valence-electron chi connectivity index (χ3n) is 3.38. The lowest BCUT2D eigenvalue weighted by Gasteiger charge is -2.15. The summed E-state index contributed by atoms with van der Waals surface area (Å²) in [6, 6.07) is 8.26. The van der Waals surface area contributed by atoms with Crippen LogP contribution in [0.2, 0.25) is 0 Å². The van der Waals surface area contributed by atoms with Crippen LogP contribution in [0.15, 0.2) is 24.3 Å². The second kappa shape index (κ2) is 7.85. The molecule has 21 heavy (non-hydrogen) atoms. The molecule has 6 heteroatoms. The van der Waals surface area contributed by atoms with E-state index < -0.39 is 0 Å². The number of tetrazole rings is 1. The number of nitrogens with one attached hydrogen (secondary N) is 1. The van der Waals surface area contributed by atoms with Crippen molar-refractivity contribution in [3.8, 4) is 5.69 Å². The van der Waals surface area contributed by atoms with E-state index in [9.17, 15) is 0 Å². The first kappa shape index (κ1) is 15.6. The van der Waals surface area contributed by atoms with E-state index in [-0.39, 0.29) is 6.04 Å². The highest BCUT2D eigenvalue weighted by atomic mass is 16.5. The molecule has 1 N–H and O–H groups in total. The second-order valence-corrected chi connectivity index (χ2v) is 5.00. The summed E-state index contributed by atoms with van der Waals surface area (Å²) in [6.07, 6.45) is 1.92. The Hall–Kier alpha value is -1.79. The Balaban J connectivity index is 2.28. The molecular weight excluding hydrogens is 266 g/mol. The van der Waals surface area contributed by atoms with Gasteiger partial charge < -0.3 is 10.1 Å². The van der Waals surface area contributed by atoms with Gasteiger partial charge in [0.15, 0.2) is 5.82 Å². The maximum atomic E-state index is 5.18. The van der Waals surface area contributed by atoms with Gasteiger partial charge in [0.05, 0.1) is 18.3 Å². The Labute approximate surface area is 125 Å². The molecule has 0 aliphatic heterocycles. The summed E-state index contributed by atoms with van der Waals surface area (Å²) in [6.45, 7) is 5.84. The van der Waals surface area contributed by atoms with Crippen LogP contribution in [0.3, 0.4) is 0 Å². The van der Waals surface area contributed by atoms with Gasteiger partial charge in [0.2, 0.25) is 0 Å². The van der Waals surface area contributed by atoms with Gasteiger partial charge in [0.25, 0.3) is 0 Å². The van der Waals surface area contributed by atoms with Crippen LogP contribution < -0.4 is 5.32 Å². The zero-order valence-corrected chi connectivity index (χ0v) is 12.9. The zero-order chi connectivity index (χ0) is 15.1. The fourth-order valence-electron chi connectivity index (χ4n) is 2.23. The molecule has 0 amide bonds. The van der Waals surface area contributed by atoms with Crippen molar-refractivity contribution in [1.82, 2.24) is 25.5 Å². The summed E-state index contributed by atoms with van der Waals surface area (Å²) in [5, 5.41) is 15.6. The largest absolute Gasteiger partial charge is 0.384 e. The molecule has 0 aliphatic carbocycles. The number of para-hydroxylation sites is 1. The molecule has 6 nitrogen and oxygen atoms in total. The highest BCUT2D eigenvalue weighted by Crippen LogP contribution is 2.18. The maximum Gasteiger partial charge on any atom is 0.173 e. The minimum absolute atomic E-state index is 0.107. The smallest absolute Gasteiger partial charge is 0.173 e. The average molecular weight is 289 g/mol. The number of hydrogen-bond acceptors (Lipinski definition) is 5. The Morgan fingerprint density at radius 2 is 2.14 bits per heavy atom. The van der Waals surface area contributed by atoms with Crippen molar-refractivity contribution in [3.63, 3.8) is 0 Å². The summed E-state index contributed by atoms with van der Waals surface area (Å²) in [4.78, 5) is 0. The van der Waals surface area contributed by atoms with E-state index in [1.807, 2.05) is 22.9 Å². The van der Waals surface area contributed by atoms with Crippen molar-refractivity contribution in [2.24, 2.45) is 0 Å². The van der Waals surface area contributed by atoms with Crippen LogP contribution in [0, 0.1) is 0 Å². The quantitative estimate of drug-likeness (QED) is 0.804. The summed E-state index contributed by atoms with van der Waals surface area (Å²) in [7, 11) is 1.71. The van der Waals surface area contributed by atoms with Crippen LogP contribution >= 0.6 is 0 Å². The number of hydrogen-bond donors (Lipinski definition) is 1. The van der Waals surface area contributed by atoms with Crippen molar-refractivity contribution >= 4 is 0 Å². The number of aromatic nitrogens is 4. The maximum absolute atomic E-state index is 5.18. The van der Waals surface area contributed by atoms with E-state index in [0.29, 0.717) is 6.61 Å². The number of methoxy groups -OCH3 is 1. The van der Waals surface area contributed by atoms with Gasteiger partial charge in [0.1, 0.15) is 0 Å². The Morgan fingerprint density at radius 3 is 2.90 bits per heavy atom. The summed E-state index contributed by atoms with van der Waals surface area (Å²) in [5.41, 5.74) is 2.19. The molecule has 0 fully saturated rings. The molecule has 1 unspecified atom stereocenters. The van der Waals surface area contributed by atoms with E-state index in [2.05, 4.69) is 40.8 Å². The second-order valence-electron chi connectivity index (χ2n) is 5.00. The molecule has 0 radical (unpaired) electrons. The molecule has 0 aliphatic rings. The fraction of sp³-hybridized carbons (Fsp3) is 0.533. The average Bonchev–Trinajstić information content (AvgIpc) is 3.00. The van der Waals surface area contributed by atoms with Gasteiger partial charge in [-0.15, -0.1) is 5.10 Å². The molecule has 1 aromatic heterocycles. The molecule has 1 heterocycles. The van der Waals surface area contributed by atoms with Gasteiger partial charge in [-0.2, -0.15) is 4.68 Å². The minimum Gasteiger partial charge on any atom is -0.384 e. The van der Waals surface area contributed by atoms with Gasteiger partial charge in [-0.25, -0.2) is 0 Å². The molecule has 1 aromatic carbocycles. The Morgan fingerprint density at radius 1 is 1.33 bits per heavy atom. The molecule has 1 atom stereocenters. The van der Waals surface area contributed by atoms with Crippen molar-refractivity contribution in [2.45, 2.75) is 32.7 Å². The highest BCUT2D eigenvalue weighted by Gasteiger charge is 2.16. The molecule has 0 spiro atoms. The van der Waals surface area contributed by atoms with Crippen LogP contribution in [0.4, 0.5) is 0 Å². The van der Waals surface area contributed by atoms with Gasteiger partial charge in [-0.1, -0.05) is 25.1 Å². The lowest BCUT2D eigenvalue weighted by molar-refractivity contribution is 0.202. The lowest BCUT2D eigenvalue weighted by Crippen LogP contribution is -2.23. The number of benzene rings is 1. The molecule has 114 valence electrons. The molecule has 0 saturated heterocycles. The summed E-state index contributed by atoms with van der Waals surface area (Å²) in [5.74, 6) is 0.827. The predicted octanol–water partition coefficient (Wildman–Crippen LogP) is 1.91. The lowest BCUT2D eigenvalue weighted by atomic mass is 10.1. The van der Waals surface area contributed by atoms with Crippen molar-refractivity contribution in [1.29, 1.82) is 0 Å². The van der Waals surface area contributed by atoms with Crippen LogP contribution in [0.25, 0.3) is 5.69 Å². The number of ether oxygens (including phenoxy) is 1. The number of rotatable bonds is 8. The van der Waals surface area contributed by atoms with Crippen LogP contribution in [-0.4, -0.2) is 40.5 Å². The van der Waals surface area contributed by atoms with E-state index in [0.717, 1.165) is 30.9 Å². The van der Waals surface area contributed by atoms with Crippen molar-refractivity contribution in [3.05, 3.63) is 35.7 Å². The summed E-state index contributed by atoms with van der Waals surface area (Å²) < 4.78 is 6.99. The van der Waals surface area contributed by atoms with Crippen LogP contribution in [0.1, 0.15) is 37.7 Å². The van der Waals surface area contributed by atoms with Gasteiger partial charge in [0, 0.05) is 7.11 Å². The van der Waals surface area contributed by atoms with E-state index in [4.69, 9.17) is 4.74 Å². The molecule has 2 aromatic rings. The van der Waals surface area contributed by atoms with Gasteiger partial charge in [-0.05, 0) is 48.4 Å². The summed E-state index contributed by atoms with van der Waals surface area (Å²) >= 11 is 0. The molecule has 0 saturated carbocycles. The van der Waals surface area contributed by atoms with E-state index >= 15 is 0 Å². The first-order valence-corrected chi connectivity index (χ1v) is 7.36. The molecule has 2 rings (SSSR count).